The number of hydrogen-bond acceptors (Lipinski definition) is 3. The fourth-order valence-electron chi connectivity index (χ4n) is 4.56. The minimum atomic E-state index is 0.322. The fourth-order valence-corrected chi connectivity index (χ4v) is 4.74. The number of rotatable bonds is 7. The van der Waals surface area contributed by atoms with E-state index >= 15 is 0 Å². The molecule has 0 aliphatic carbocycles. The summed E-state index contributed by atoms with van der Waals surface area (Å²) in [7, 11) is 0. The molecule has 3 atom stereocenters. The SMILES string of the molecule is C=C(I)CO[C@H]1C[C@H]2c3ccc(OCC)cc3CCN2C[C@@H]1CC(C)C. The number of benzene rings is 1. The highest BCUT2D eigenvalue weighted by Gasteiger charge is 2.39. The van der Waals surface area contributed by atoms with E-state index in [2.05, 4.69) is 66.1 Å². The highest BCUT2D eigenvalue weighted by Crippen LogP contribution is 2.42. The molecule has 1 aromatic carbocycles. The summed E-state index contributed by atoms with van der Waals surface area (Å²) in [4.78, 5) is 2.69. The summed E-state index contributed by atoms with van der Waals surface area (Å²) < 4.78 is 13.1. The molecular formula is C22H32INO2. The minimum Gasteiger partial charge on any atom is -0.494 e. The lowest BCUT2D eigenvalue weighted by molar-refractivity contribution is -0.0553. The molecule has 3 nitrogen and oxygen atoms in total. The van der Waals surface area contributed by atoms with Crippen molar-refractivity contribution in [2.45, 2.75) is 52.2 Å². The molecule has 3 rings (SSSR count). The Morgan fingerprint density at radius 3 is 2.88 bits per heavy atom. The van der Waals surface area contributed by atoms with Gasteiger partial charge in [0.2, 0.25) is 0 Å². The standard InChI is InChI=1S/C22H32INO2/c1-5-25-19-6-7-20-17(11-19)8-9-24-13-18(10-15(2)3)22(12-21(20)24)26-14-16(4)23/h6-7,11,15,18,21-22H,4-5,8-10,12-14H2,1-3H3/t18-,21-,22-/m0/s1. The van der Waals surface area contributed by atoms with Gasteiger partial charge in [-0.3, -0.25) is 4.90 Å². The highest BCUT2D eigenvalue weighted by molar-refractivity contribution is 14.1. The van der Waals surface area contributed by atoms with E-state index in [-0.39, 0.29) is 0 Å². The predicted octanol–water partition coefficient (Wildman–Crippen LogP) is 5.38. The average Bonchev–Trinajstić information content (AvgIpc) is 2.59. The Kier molecular flexibility index (Phi) is 7.03. The van der Waals surface area contributed by atoms with Gasteiger partial charge in [-0.15, -0.1) is 0 Å². The van der Waals surface area contributed by atoms with Gasteiger partial charge in [-0.1, -0.05) is 26.5 Å². The van der Waals surface area contributed by atoms with Crippen LogP contribution >= 0.6 is 22.6 Å². The van der Waals surface area contributed by atoms with E-state index in [4.69, 9.17) is 9.47 Å². The van der Waals surface area contributed by atoms with Gasteiger partial charge in [0, 0.05) is 22.7 Å². The topological polar surface area (TPSA) is 21.7 Å². The number of halogens is 1. The van der Waals surface area contributed by atoms with Crippen LogP contribution in [0.1, 0.15) is 50.8 Å². The second-order valence-electron chi connectivity index (χ2n) is 8.05. The van der Waals surface area contributed by atoms with Crippen molar-refractivity contribution in [1.82, 2.24) is 4.90 Å². The molecule has 1 fully saturated rings. The molecule has 0 unspecified atom stereocenters. The Morgan fingerprint density at radius 1 is 1.38 bits per heavy atom. The van der Waals surface area contributed by atoms with Gasteiger partial charge in [0.05, 0.1) is 19.3 Å². The van der Waals surface area contributed by atoms with Crippen molar-refractivity contribution in [3.63, 3.8) is 0 Å². The van der Waals surface area contributed by atoms with Gasteiger partial charge < -0.3 is 9.47 Å². The molecule has 0 amide bonds. The van der Waals surface area contributed by atoms with E-state index in [1.807, 2.05) is 6.92 Å². The zero-order valence-corrected chi connectivity index (χ0v) is 18.5. The third kappa shape index (κ3) is 4.82. The Balaban J connectivity index is 1.79. The molecule has 1 saturated heterocycles. The third-order valence-electron chi connectivity index (χ3n) is 5.57. The van der Waals surface area contributed by atoms with Gasteiger partial charge in [-0.25, -0.2) is 0 Å². The van der Waals surface area contributed by atoms with Crippen molar-refractivity contribution < 1.29 is 9.47 Å². The van der Waals surface area contributed by atoms with Gasteiger partial charge in [0.25, 0.3) is 0 Å². The molecular weight excluding hydrogens is 437 g/mol. The maximum Gasteiger partial charge on any atom is 0.119 e. The van der Waals surface area contributed by atoms with Gasteiger partial charge in [0.15, 0.2) is 0 Å². The maximum atomic E-state index is 6.33. The Bertz CT molecular complexity index is 631. The van der Waals surface area contributed by atoms with Crippen LogP contribution in [0.4, 0.5) is 0 Å². The number of hydrogen-bond donors (Lipinski definition) is 0. The molecule has 2 aliphatic rings. The zero-order valence-electron chi connectivity index (χ0n) is 16.3. The highest BCUT2D eigenvalue weighted by atomic mass is 127. The smallest absolute Gasteiger partial charge is 0.119 e. The maximum absolute atomic E-state index is 6.33. The largest absolute Gasteiger partial charge is 0.494 e. The van der Waals surface area contributed by atoms with Crippen molar-refractivity contribution in [2.24, 2.45) is 11.8 Å². The monoisotopic (exact) mass is 469 g/mol. The van der Waals surface area contributed by atoms with E-state index in [1.165, 1.54) is 17.5 Å². The second kappa shape index (κ2) is 9.07. The molecule has 26 heavy (non-hydrogen) atoms. The molecule has 1 aromatic rings. The molecule has 0 bridgehead atoms. The molecule has 0 spiro atoms. The Hall–Kier alpha value is -0.590. The zero-order chi connectivity index (χ0) is 18.7. The van der Waals surface area contributed by atoms with E-state index in [0.717, 1.165) is 41.9 Å². The van der Waals surface area contributed by atoms with Crippen LogP contribution in [-0.2, 0) is 11.2 Å². The van der Waals surface area contributed by atoms with Crippen LogP contribution in [0.5, 0.6) is 5.75 Å². The van der Waals surface area contributed by atoms with E-state index in [1.54, 1.807) is 0 Å². The summed E-state index contributed by atoms with van der Waals surface area (Å²) in [5.41, 5.74) is 2.93. The van der Waals surface area contributed by atoms with Crippen LogP contribution in [0.25, 0.3) is 0 Å². The van der Waals surface area contributed by atoms with Crippen molar-refractivity contribution in [1.29, 1.82) is 0 Å². The molecule has 0 radical (unpaired) electrons. The summed E-state index contributed by atoms with van der Waals surface area (Å²) in [6, 6.07) is 7.15. The summed E-state index contributed by atoms with van der Waals surface area (Å²) in [6.07, 6.45) is 3.76. The number of nitrogens with zero attached hydrogens (tertiary/aromatic N) is 1. The predicted molar refractivity (Wildman–Crippen MR) is 116 cm³/mol. The first-order chi connectivity index (χ1) is 12.5. The average molecular weight is 469 g/mol. The van der Waals surface area contributed by atoms with Crippen molar-refractivity contribution in [3.05, 3.63) is 39.5 Å². The van der Waals surface area contributed by atoms with E-state index in [9.17, 15) is 0 Å². The number of ether oxygens (including phenoxy) is 2. The molecule has 0 N–H and O–H groups in total. The van der Waals surface area contributed by atoms with E-state index < -0.39 is 0 Å². The Labute approximate surface area is 172 Å². The lowest BCUT2D eigenvalue weighted by Gasteiger charge is -2.47. The van der Waals surface area contributed by atoms with Crippen molar-refractivity contribution in [2.75, 3.05) is 26.3 Å². The summed E-state index contributed by atoms with van der Waals surface area (Å²) >= 11 is 2.28. The first-order valence-corrected chi connectivity index (χ1v) is 11.0. The van der Waals surface area contributed by atoms with Crippen LogP contribution in [0.15, 0.2) is 28.4 Å². The van der Waals surface area contributed by atoms with E-state index in [0.29, 0.717) is 30.6 Å². The molecule has 4 heteroatoms. The summed E-state index contributed by atoms with van der Waals surface area (Å²) in [5.74, 6) is 2.32. The molecule has 0 saturated carbocycles. The summed E-state index contributed by atoms with van der Waals surface area (Å²) in [6.45, 7) is 14.4. The van der Waals surface area contributed by atoms with Crippen LogP contribution in [0, 0.1) is 11.8 Å². The molecule has 2 aliphatic heterocycles. The normalized spacial score (nSPS) is 25.7. The lowest BCUT2D eigenvalue weighted by Crippen LogP contribution is -2.49. The Morgan fingerprint density at radius 2 is 2.19 bits per heavy atom. The summed E-state index contributed by atoms with van der Waals surface area (Å²) in [5, 5.41) is 0. The quantitative estimate of drug-likeness (QED) is 0.501. The fraction of sp³-hybridized carbons (Fsp3) is 0.636. The number of piperidine rings is 1. The third-order valence-corrected chi connectivity index (χ3v) is 5.88. The van der Waals surface area contributed by atoms with Crippen LogP contribution in [-0.4, -0.2) is 37.3 Å². The minimum absolute atomic E-state index is 0.322. The van der Waals surface area contributed by atoms with Gasteiger partial charge in [-0.2, -0.15) is 0 Å². The van der Waals surface area contributed by atoms with Crippen molar-refractivity contribution in [3.8, 4) is 5.75 Å². The molecule has 2 heterocycles. The van der Waals surface area contributed by atoms with Crippen LogP contribution in [0.2, 0.25) is 0 Å². The second-order valence-corrected chi connectivity index (χ2v) is 9.57. The number of fused-ring (bicyclic) bond motifs is 3. The molecule has 0 aromatic heterocycles. The van der Waals surface area contributed by atoms with Crippen LogP contribution < -0.4 is 4.74 Å². The lowest BCUT2D eigenvalue weighted by atomic mass is 9.79. The van der Waals surface area contributed by atoms with Gasteiger partial charge in [0.1, 0.15) is 5.75 Å². The first kappa shape index (κ1) is 20.2. The van der Waals surface area contributed by atoms with Gasteiger partial charge >= 0.3 is 0 Å². The van der Waals surface area contributed by atoms with Crippen LogP contribution in [0.3, 0.4) is 0 Å². The molecule has 144 valence electrons. The first-order valence-electron chi connectivity index (χ1n) is 9.92. The van der Waals surface area contributed by atoms with Gasteiger partial charge in [-0.05, 0) is 83.9 Å². The van der Waals surface area contributed by atoms with Crippen molar-refractivity contribution >= 4 is 22.6 Å².